The van der Waals surface area contributed by atoms with Crippen molar-refractivity contribution >= 4 is 0 Å². The Hall–Kier alpha value is -1.51. The van der Waals surface area contributed by atoms with Gasteiger partial charge in [0.05, 0.1) is 6.10 Å². The Kier molecular flexibility index (Phi) is 3.57. The third kappa shape index (κ3) is 2.34. The van der Waals surface area contributed by atoms with Gasteiger partial charge in [0.15, 0.2) is 11.9 Å². The van der Waals surface area contributed by atoms with Crippen molar-refractivity contribution < 1.29 is 19.3 Å². The van der Waals surface area contributed by atoms with E-state index in [9.17, 15) is 19.1 Å². The molecule has 2 heterocycles. The molecule has 3 N–H and O–H groups in total. The second-order valence-corrected chi connectivity index (χ2v) is 4.65. The number of ether oxygens (including phenoxy) is 1. The average molecular weight is 274 g/mol. The highest BCUT2D eigenvalue weighted by molar-refractivity contribution is 5.01. The molecule has 0 bridgehead atoms. The molecule has 2 rings (SSSR count). The SMILES string of the molecule is C[C@@]1(F)[C@H](O)[C@@H](CCO)O[C@H]1n1ccc(=O)[nH]c1=O. The zero-order valence-electron chi connectivity index (χ0n) is 10.2. The second kappa shape index (κ2) is 4.87. The van der Waals surface area contributed by atoms with Crippen LogP contribution in [0.25, 0.3) is 0 Å². The number of alkyl halides is 1. The summed E-state index contributed by atoms with van der Waals surface area (Å²) < 4.78 is 20.7. The Balaban J connectivity index is 2.39. The van der Waals surface area contributed by atoms with Gasteiger partial charge in [0.1, 0.15) is 6.10 Å². The summed E-state index contributed by atoms with van der Waals surface area (Å²) in [5.41, 5.74) is -3.63. The van der Waals surface area contributed by atoms with Crippen LogP contribution in [0.3, 0.4) is 0 Å². The molecule has 0 spiro atoms. The maximum atomic E-state index is 14.5. The first kappa shape index (κ1) is 13.9. The van der Waals surface area contributed by atoms with Crippen LogP contribution in [0.2, 0.25) is 0 Å². The molecular weight excluding hydrogens is 259 g/mol. The maximum Gasteiger partial charge on any atom is 0.330 e. The van der Waals surface area contributed by atoms with E-state index in [1.165, 1.54) is 0 Å². The molecule has 0 aliphatic carbocycles. The van der Waals surface area contributed by atoms with Crippen molar-refractivity contribution in [3.63, 3.8) is 0 Å². The Bertz CT molecular complexity index is 567. The number of aliphatic hydroxyl groups is 2. The molecule has 0 aromatic carbocycles. The molecule has 19 heavy (non-hydrogen) atoms. The number of nitrogens with one attached hydrogen (secondary N) is 1. The number of rotatable bonds is 3. The number of nitrogens with zero attached hydrogens (tertiary/aromatic N) is 1. The molecular formula is C11H15FN2O5. The van der Waals surface area contributed by atoms with Crippen LogP contribution < -0.4 is 11.2 Å². The Morgan fingerprint density at radius 2 is 2.26 bits per heavy atom. The summed E-state index contributed by atoms with van der Waals surface area (Å²) in [5.74, 6) is 0. The van der Waals surface area contributed by atoms with Crippen molar-refractivity contribution in [1.29, 1.82) is 0 Å². The summed E-state index contributed by atoms with van der Waals surface area (Å²) in [6.07, 6.45) is -2.58. The molecule has 7 nitrogen and oxygen atoms in total. The molecule has 1 saturated heterocycles. The third-order valence-electron chi connectivity index (χ3n) is 3.23. The van der Waals surface area contributed by atoms with E-state index in [0.29, 0.717) is 0 Å². The summed E-state index contributed by atoms with van der Waals surface area (Å²) in [6.45, 7) is 0.836. The molecule has 1 aromatic heterocycles. The van der Waals surface area contributed by atoms with E-state index in [2.05, 4.69) is 0 Å². The molecule has 4 atom stereocenters. The van der Waals surface area contributed by atoms with E-state index < -0.39 is 35.4 Å². The number of H-pyrrole nitrogens is 1. The molecule has 0 saturated carbocycles. The van der Waals surface area contributed by atoms with Gasteiger partial charge < -0.3 is 14.9 Å². The highest BCUT2D eigenvalue weighted by atomic mass is 19.1. The smallest absolute Gasteiger partial charge is 0.330 e. The van der Waals surface area contributed by atoms with Gasteiger partial charge in [-0.05, 0) is 13.3 Å². The lowest BCUT2D eigenvalue weighted by atomic mass is 9.97. The molecule has 8 heteroatoms. The minimum absolute atomic E-state index is 0.0509. The summed E-state index contributed by atoms with van der Waals surface area (Å²) in [4.78, 5) is 24.6. The summed E-state index contributed by atoms with van der Waals surface area (Å²) in [6, 6.07) is 1.06. The van der Waals surface area contributed by atoms with Crippen LogP contribution in [0.4, 0.5) is 4.39 Å². The van der Waals surface area contributed by atoms with Crippen LogP contribution in [0.5, 0.6) is 0 Å². The first-order valence-electron chi connectivity index (χ1n) is 5.82. The monoisotopic (exact) mass is 274 g/mol. The molecule has 1 fully saturated rings. The zero-order valence-corrected chi connectivity index (χ0v) is 10.2. The van der Waals surface area contributed by atoms with E-state index >= 15 is 0 Å². The second-order valence-electron chi connectivity index (χ2n) is 4.65. The van der Waals surface area contributed by atoms with Gasteiger partial charge in [-0.15, -0.1) is 0 Å². The lowest BCUT2D eigenvalue weighted by Crippen LogP contribution is -2.43. The third-order valence-corrected chi connectivity index (χ3v) is 3.23. The van der Waals surface area contributed by atoms with Gasteiger partial charge in [-0.3, -0.25) is 14.3 Å². The number of hydrogen-bond acceptors (Lipinski definition) is 5. The van der Waals surface area contributed by atoms with Crippen molar-refractivity contribution in [1.82, 2.24) is 9.55 Å². The van der Waals surface area contributed by atoms with Gasteiger partial charge in [0, 0.05) is 18.9 Å². The minimum atomic E-state index is -2.21. The van der Waals surface area contributed by atoms with Crippen molar-refractivity contribution in [2.45, 2.75) is 37.4 Å². The molecule has 0 unspecified atom stereocenters. The first-order chi connectivity index (χ1) is 8.87. The lowest BCUT2D eigenvalue weighted by molar-refractivity contribution is -0.0541. The fourth-order valence-corrected chi connectivity index (χ4v) is 2.19. The Morgan fingerprint density at radius 3 is 2.84 bits per heavy atom. The number of aliphatic hydroxyl groups excluding tert-OH is 2. The number of hydrogen-bond donors (Lipinski definition) is 3. The predicted molar refractivity (Wildman–Crippen MR) is 62.5 cm³/mol. The van der Waals surface area contributed by atoms with Gasteiger partial charge in [-0.1, -0.05) is 0 Å². The fourth-order valence-electron chi connectivity index (χ4n) is 2.19. The maximum absolute atomic E-state index is 14.5. The van der Waals surface area contributed by atoms with E-state index in [-0.39, 0.29) is 13.0 Å². The normalized spacial score (nSPS) is 34.6. The van der Waals surface area contributed by atoms with Crippen LogP contribution in [0.1, 0.15) is 19.6 Å². The summed E-state index contributed by atoms with van der Waals surface area (Å²) in [7, 11) is 0. The van der Waals surface area contributed by atoms with Crippen LogP contribution in [-0.2, 0) is 4.74 Å². The van der Waals surface area contributed by atoms with Crippen molar-refractivity contribution in [3.05, 3.63) is 33.1 Å². The van der Waals surface area contributed by atoms with Crippen LogP contribution >= 0.6 is 0 Å². The first-order valence-corrected chi connectivity index (χ1v) is 5.82. The summed E-state index contributed by atoms with van der Waals surface area (Å²) >= 11 is 0. The van der Waals surface area contributed by atoms with Crippen molar-refractivity contribution in [3.8, 4) is 0 Å². The van der Waals surface area contributed by atoms with Crippen LogP contribution in [0.15, 0.2) is 21.9 Å². The fraction of sp³-hybridized carbons (Fsp3) is 0.636. The Labute approximate surface area is 107 Å². The zero-order chi connectivity index (χ0) is 14.2. The highest BCUT2D eigenvalue weighted by Gasteiger charge is 2.54. The predicted octanol–water partition coefficient (Wildman–Crippen LogP) is -1.09. The molecule has 0 radical (unpaired) electrons. The van der Waals surface area contributed by atoms with Gasteiger partial charge in [-0.25, -0.2) is 9.18 Å². The molecule has 1 aromatic rings. The van der Waals surface area contributed by atoms with E-state index in [1.54, 1.807) is 0 Å². The van der Waals surface area contributed by atoms with E-state index in [4.69, 9.17) is 9.84 Å². The molecule has 1 aliphatic heterocycles. The largest absolute Gasteiger partial charge is 0.396 e. The highest BCUT2D eigenvalue weighted by Crippen LogP contribution is 2.41. The van der Waals surface area contributed by atoms with Crippen LogP contribution in [-0.4, -0.2) is 44.2 Å². The Morgan fingerprint density at radius 1 is 1.58 bits per heavy atom. The van der Waals surface area contributed by atoms with E-state index in [0.717, 1.165) is 23.8 Å². The van der Waals surface area contributed by atoms with Gasteiger partial charge in [-0.2, -0.15) is 0 Å². The van der Waals surface area contributed by atoms with Gasteiger partial charge in [0.2, 0.25) is 0 Å². The molecule has 1 aliphatic rings. The quantitative estimate of drug-likeness (QED) is 0.649. The standard InChI is InChI=1S/C11H15FN2O5/c1-11(12)8(17)6(3-5-15)19-9(11)14-4-2-7(16)13-10(14)18/h2,4,6,8-9,15,17H,3,5H2,1H3,(H,13,16,18)/t6-,8-,9-,11-/m1/s1. The van der Waals surface area contributed by atoms with Gasteiger partial charge >= 0.3 is 5.69 Å². The van der Waals surface area contributed by atoms with Gasteiger partial charge in [0.25, 0.3) is 5.56 Å². The number of halogens is 1. The van der Waals surface area contributed by atoms with E-state index in [1.807, 2.05) is 4.98 Å². The topological polar surface area (TPSA) is 105 Å². The van der Waals surface area contributed by atoms with Crippen LogP contribution in [0, 0.1) is 0 Å². The van der Waals surface area contributed by atoms with Crippen molar-refractivity contribution in [2.24, 2.45) is 0 Å². The number of aromatic nitrogens is 2. The number of aromatic amines is 1. The average Bonchev–Trinajstić information content (AvgIpc) is 2.54. The lowest BCUT2D eigenvalue weighted by Gasteiger charge is -2.24. The molecule has 106 valence electrons. The van der Waals surface area contributed by atoms with Crippen molar-refractivity contribution in [2.75, 3.05) is 6.61 Å². The summed E-state index contributed by atoms with van der Waals surface area (Å²) in [5, 5.41) is 18.7. The molecule has 0 amide bonds. The minimum Gasteiger partial charge on any atom is -0.396 e.